The third kappa shape index (κ3) is 3.38. The van der Waals surface area contributed by atoms with E-state index in [1.54, 1.807) is 12.1 Å². The number of ether oxygens (including phenoxy) is 2. The molecule has 6 atom stereocenters. The summed E-state index contributed by atoms with van der Waals surface area (Å²) in [6, 6.07) is 3.12. The average molecular weight is 742 g/mol. The van der Waals surface area contributed by atoms with Gasteiger partial charge in [0, 0.05) is 5.92 Å². The van der Waals surface area contributed by atoms with Gasteiger partial charge in [-0.05, 0) is 59.0 Å². The normalized spacial score (nSPS) is 34.1. The number of allylic oxidation sites excluding steroid dienone is 2. The zero-order valence-electron chi connectivity index (χ0n) is 19.9. The van der Waals surface area contributed by atoms with Crippen LogP contribution in [0.1, 0.15) is 24.3 Å². The Labute approximate surface area is 248 Å². The molecule has 2 aliphatic heterocycles. The number of hydrogen-bond donors (Lipinski definition) is 1. The predicted molar refractivity (Wildman–Crippen MR) is 145 cm³/mol. The van der Waals surface area contributed by atoms with E-state index in [1.807, 2.05) is 22.6 Å². The van der Waals surface area contributed by atoms with E-state index in [4.69, 9.17) is 27.9 Å². The van der Waals surface area contributed by atoms with Gasteiger partial charge in [-0.15, -0.1) is 23.2 Å². The number of imide groups is 4. The van der Waals surface area contributed by atoms with Crippen molar-refractivity contribution in [3.05, 3.63) is 32.9 Å². The van der Waals surface area contributed by atoms with Crippen LogP contribution in [0.25, 0.3) is 0 Å². The first-order valence-corrected chi connectivity index (χ1v) is 14.4. The zero-order chi connectivity index (χ0) is 27.9. The highest BCUT2D eigenvalue weighted by atomic mass is 127. The molecule has 2 saturated heterocycles. The number of methoxy groups -OCH3 is 2. The summed E-state index contributed by atoms with van der Waals surface area (Å²) in [5.74, 6) is -6.60. The molecule has 1 N–H and O–H groups in total. The molecule has 3 fully saturated rings. The summed E-state index contributed by atoms with van der Waals surface area (Å²) in [7, 11) is 2.44. The Hall–Kier alpha value is -1.90. The summed E-state index contributed by atoms with van der Waals surface area (Å²) in [5, 5.41) is 10.4. The number of alkyl halides is 3. The molecule has 4 aliphatic rings. The Morgan fingerprint density at radius 1 is 1.16 bits per heavy atom. The van der Waals surface area contributed by atoms with E-state index in [-0.39, 0.29) is 29.8 Å². The quantitative estimate of drug-likeness (QED) is 0.164. The van der Waals surface area contributed by atoms with Crippen LogP contribution in [-0.2, 0) is 23.9 Å². The average Bonchev–Trinajstić information content (AvgIpc) is 3.23. The van der Waals surface area contributed by atoms with Crippen LogP contribution in [0.5, 0.6) is 11.5 Å². The number of phenols is 1. The van der Waals surface area contributed by atoms with Gasteiger partial charge in [0.1, 0.15) is 0 Å². The third-order valence-electron chi connectivity index (χ3n) is 7.98. The second kappa shape index (κ2) is 9.34. The van der Waals surface area contributed by atoms with E-state index in [0.29, 0.717) is 19.6 Å². The molecular weight excluding hydrogens is 722 g/mol. The number of carbonyl (C=O) groups excluding carboxylic acids is 5. The first kappa shape index (κ1) is 27.7. The molecule has 1 aromatic rings. The number of likely N-dealkylation sites (tertiary alicyclic amines) is 2. The number of benzene rings is 1. The molecule has 0 radical (unpaired) electrons. The van der Waals surface area contributed by atoms with Crippen molar-refractivity contribution in [1.82, 2.24) is 9.80 Å². The van der Waals surface area contributed by atoms with Crippen LogP contribution in [-0.4, -0.2) is 74.1 Å². The van der Waals surface area contributed by atoms with E-state index in [0.717, 1.165) is 12.0 Å². The number of phenolic OH excluding ortho intramolecular Hbond substituents is 1. The minimum absolute atomic E-state index is 0.101. The molecule has 5 rings (SSSR count). The summed E-state index contributed by atoms with van der Waals surface area (Å²) in [6.45, 7) is 0. The Bertz CT molecular complexity index is 1360. The van der Waals surface area contributed by atoms with Crippen molar-refractivity contribution >= 4 is 91.4 Å². The highest BCUT2D eigenvalue weighted by Crippen LogP contribution is 2.65. The molecule has 2 aliphatic carbocycles. The highest BCUT2D eigenvalue weighted by Gasteiger charge is 2.76. The smallest absolute Gasteiger partial charge is 0.423 e. The number of rotatable bonds is 3. The van der Waals surface area contributed by atoms with Crippen molar-refractivity contribution < 1.29 is 38.6 Å². The van der Waals surface area contributed by atoms with Gasteiger partial charge >= 0.3 is 6.09 Å². The summed E-state index contributed by atoms with van der Waals surface area (Å²) in [5.41, 5.74) is 0.823. The SMILES string of the molecule is COC(=O)N1C(=O)[C@H]2[C@H](CC=C3[C@H]2C[C@@]2(Cl)C(=O)N(CBr)C(=O)[C@@]2(Cl)[C@H]3c2cc(I)c(O)c(OC)c2)C1=O. The van der Waals surface area contributed by atoms with Crippen molar-refractivity contribution in [2.24, 2.45) is 17.8 Å². The molecule has 202 valence electrons. The molecule has 5 amide bonds. The molecule has 14 heteroatoms. The highest BCUT2D eigenvalue weighted by molar-refractivity contribution is 14.1. The number of amides is 5. The Balaban J connectivity index is 1.75. The molecule has 0 unspecified atom stereocenters. The van der Waals surface area contributed by atoms with Crippen LogP contribution in [0, 0.1) is 21.3 Å². The Morgan fingerprint density at radius 2 is 1.84 bits per heavy atom. The minimum atomic E-state index is -1.99. The number of nitrogens with zero attached hydrogens (tertiary/aromatic N) is 2. The first-order valence-electron chi connectivity index (χ1n) is 11.4. The second-order valence-corrected chi connectivity index (χ2v) is 12.4. The number of carbonyl (C=O) groups is 5. The lowest BCUT2D eigenvalue weighted by atomic mass is 9.56. The van der Waals surface area contributed by atoms with Crippen molar-refractivity contribution in [1.29, 1.82) is 0 Å². The standard InChI is InChI=1S/C24H20BrCl2IN2O8/c1-37-14-6-9(5-13(28)17(14)31)16-10-3-4-11-15(19(33)30(18(11)32)22(36)38-2)12(10)7-23(26)20(34)29(8-25)21(35)24(16,23)27/h3,5-6,11-12,15-16,31H,4,7-8H2,1-2H3/t11-,12+,15-,16-,23+,24-/m0/s1. The molecule has 2 heterocycles. The van der Waals surface area contributed by atoms with Crippen LogP contribution >= 0.6 is 61.7 Å². The molecule has 1 saturated carbocycles. The first-order chi connectivity index (χ1) is 17.9. The second-order valence-electron chi connectivity index (χ2n) is 9.52. The van der Waals surface area contributed by atoms with E-state index in [9.17, 15) is 29.1 Å². The van der Waals surface area contributed by atoms with Gasteiger partial charge < -0.3 is 14.6 Å². The van der Waals surface area contributed by atoms with Gasteiger partial charge in [0.05, 0.1) is 35.1 Å². The number of fused-ring (bicyclic) bond motifs is 4. The lowest BCUT2D eigenvalue weighted by molar-refractivity contribution is -0.140. The van der Waals surface area contributed by atoms with Gasteiger partial charge in [0.15, 0.2) is 21.2 Å². The van der Waals surface area contributed by atoms with Crippen LogP contribution in [0.3, 0.4) is 0 Å². The lowest BCUT2D eigenvalue weighted by Crippen LogP contribution is -2.60. The fraction of sp³-hybridized carbons (Fsp3) is 0.458. The molecular formula is C24H20BrCl2IN2O8. The fourth-order valence-corrected chi connectivity index (χ4v) is 8.37. The van der Waals surface area contributed by atoms with Crippen molar-refractivity contribution in [2.45, 2.75) is 28.5 Å². The molecule has 38 heavy (non-hydrogen) atoms. The molecule has 0 bridgehead atoms. The van der Waals surface area contributed by atoms with E-state index in [1.165, 1.54) is 13.2 Å². The Kier molecular flexibility index (Phi) is 6.80. The van der Waals surface area contributed by atoms with Crippen LogP contribution in [0.4, 0.5) is 4.79 Å². The van der Waals surface area contributed by atoms with Gasteiger partial charge in [0.25, 0.3) is 11.8 Å². The molecule has 10 nitrogen and oxygen atoms in total. The maximum absolute atomic E-state index is 13.8. The van der Waals surface area contributed by atoms with Gasteiger partial charge in [-0.25, -0.2) is 4.79 Å². The number of hydrogen-bond acceptors (Lipinski definition) is 8. The Morgan fingerprint density at radius 3 is 2.45 bits per heavy atom. The van der Waals surface area contributed by atoms with Crippen molar-refractivity contribution in [2.75, 3.05) is 19.7 Å². The molecule has 0 spiro atoms. The molecule has 0 aromatic heterocycles. The zero-order valence-corrected chi connectivity index (χ0v) is 25.1. The fourth-order valence-electron chi connectivity index (χ4n) is 6.31. The molecule has 1 aromatic carbocycles. The van der Waals surface area contributed by atoms with Crippen molar-refractivity contribution in [3.63, 3.8) is 0 Å². The third-order valence-corrected chi connectivity index (χ3v) is 10.7. The van der Waals surface area contributed by atoms with E-state index < -0.39 is 63.1 Å². The summed E-state index contributed by atoms with van der Waals surface area (Å²) < 4.78 is 10.4. The largest absolute Gasteiger partial charge is 0.504 e. The van der Waals surface area contributed by atoms with Crippen molar-refractivity contribution in [3.8, 4) is 11.5 Å². The van der Waals surface area contributed by atoms with Crippen LogP contribution in [0.15, 0.2) is 23.8 Å². The van der Waals surface area contributed by atoms with Gasteiger partial charge in [0.2, 0.25) is 11.8 Å². The minimum Gasteiger partial charge on any atom is -0.504 e. The van der Waals surface area contributed by atoms with E-state index in [2.05, 4.69) is 20.7 Å². The van der Waals surface area contributed by atoms with Gasteiger partial charge in [-0.1, -0.05) is 27.6 Å². The number of halogens is 4. The predicted octanol–water partition coefficient (Wildman–Crippen LogP) is 3.48. The topological polar surface area (TPSA) is 131 Å². The van der Waals surface area contributed by atoms with E-state index >= 15 is 0 Å². The summed E-state index contributed by atoms with van der Waals surface area (Å²) in [6.07, 6.45) is 0.537. The van der Waals surface area contributed by atoms with Crippen LogP contribution < -0.4 is 4.74 Å². The summed E-state index contributed by atoms with van der Waals surface area (Å²) in [4.78, 5) is 63.6. The lowest BCUT2D eigenvalue weighted by Gasteiger charge is -2.50. The number of aromatic hydroxyl groups is 1. The summed E-state index contributed by atoms with van der Waals surface area (Å²) >= 11 is 19.3. The monoisotopic (exact) mass is 740 g/mol. The van der Waals surface area contributed by atoms with Gasteiger partial charge in [-0.2, -0.15) is 4.90 Å². The maximum Gasteiger partial charge on any atom is 0.423 e. The van der Waals surface area contributed by atoms with Crippen LogP contribution in [0.2, 0.25) is 0 Å². The maximum atomic E-state index is 13.8. The van der Waals surface area contributed by atoms with Gasteiger partial charge in [-0.3, -0.25) is 24.1 Å².